The van der Waals surface area contributed by atoms with Crippen molar-refractivity contribution < 1.29 is 34.4 Å². The minimum Gasteiger partial charge on any atom is -0.494 e. The summed E-state index contributed by atoms with van der Waals surface area (Å²) in [6.07, 6.45) is 5.82. The van der Waals surface area contributed by atoms with Crippen LogP contribution in [0.15, 0.2) is 72.8 Å². The quantitative estimate of drug-likeness (QED) is 0.157. The van der Waals surface area contributed by atoms with E-state index in [0.29, 0.717) is 67.3 Å². The van der Waals surface area contributed by atoms with E-state index >= 15 is 0 Å². The summed E-state index contributed by atoms with van der Waals surface area (Å²) < 4.78 is 5.76. The number of nitrogens with one attached hydrogen (secondary N) is 1. The fraction of sp³-hybridized carbons (Fsp3) is 0.425. The molecule has 0 saturated heterocycles. The summed E-state index contributed by atoms with van der Waals surface area (Å²) in [6.45, 7) is 5.08. The van der Waals surface area contributed by atoms with Crippen LogP contribution in [0.5, 0.6) is 5.75 Å². The van der Waals surface area contributed by atoms with Crippen LogP contribution in [0.1, 0.15) is 55.4 Å². The van der Waals surface area contributed by atoms with Crippen LogP contribution in [-0.4, -0.2) is 83.4 Å². The summed E-state index contributed by atoms with van der Waals surface area (Å²) in [5.74, 6) is -0.820. The molecule has 3 aliphatic rings. The van der Waals surface area contributed by atoms with Crippen LogP contribution in [0, 0.1) is 5.92 Å². The van der Waals surface area contributed by atoms with E-state index < -0.39 is 23.5 Å². The van der Waals surface area contributed by atoms with Gasteiger partial charge in [-0.1, -0.05) is 43.3 Å². The number of rotatable bonds is 13. The predicted molar refractivity (Wildman–Crippen MR) is 195 cm³/mol. The maximum Gasteiger partial charge on any atom is 0.264 e. The normalized spacial score (nSPS) is 21.9. The predicted octanol–water partition coefficient (Wildman–Crippen LogP) is 3.73. The number of hydrogen-bond acceptors (Lipinski definition) is 8. The second-order valence-corrected chi connectivity index (χ2v) is 13.6. The Kier molecular flexibility index (Phi) is 10.9. The molecular weight excluding hydrogens is 648 g/mol. The summed E-state index contributed by atoms with van der Waals surface area (Å²) in [5.41, 5.74) is 3.29. The lowest BCUT2D eigenvalue weighted by Crippen LogP contribution is -2.49. The Balaban J connectivity index is 1.27. The highest BCUT2D eigenvalue weighted by molar-refractivity contribution is 6.10. The molecule has 11 heteroatoms. The van der Waals surface area contributed by atoms with Gasteiger partial charge in [-0.25, -0.2) is 0 Å². The molecule has 0 spiro atoms. The molecule has 4 atom stereocenters. The average Bonchev–Trinajstić information content (AvgIpc) is 3.33. The second kappa shape index (κ2) is 15.4. The number of nitrogens with zero attached hydrogens (tertiary/aromatic N) is 3. The van der Waals surface area contributed by atoms with E-state index in [-0.39, 0.29) is 37.5 Å². The molecule has 0 aliphatic carbocycles. The highest BCUT2D eigenvalue weighted by atomic mass is 16.5. The number of amides is 3. The Hall–Kier alpha value is -4.55. The molecule has 0 saturated carbocycles. The van der Waals surface area contributed by atoms with Crippen molar-refractivity contribution in [3.8, 4) is 5.75 Å². The van der Waals surface area contributed by atoms with Crippen LogP contribution in [0.2, 0.25) is 0 Å². The summed E-state index contributed by atoms with van der Waals surface area (Å²) in [6, 6.07) is 18.0. The van der Waals surface area contributed by atoms with Gasteiger partial charge in [-0.05, 0) is 92.2 Å². The van der Waals surface area contributed by atoms with Gasteiger partial charge in [0.1, 0.15) is 5.75 Å². The Morgan fingerprint density at radius 1 is 1.02 bits per heavy atom. The molecule has 4 N–H and O–H groups in total. The smallest absolute Gasteiger partial charge is 0.264 e. The maximum absolute atomic E-state index is 14.1. The van der Waals surface area contributed by atoms with E-state index in [0.717, 1.165) is 23.1 Å². The summed E-state index contributed by atoms with van der Waals surface area (Å²) >= 11 is 0. The minimum absolute atomic E-state index is 0.0471. The number of aliphatic hydroxyl groups is 3. The first-order valence-corrected chi connectivity index (χ1v) is 17.8. The van der Waals surface area contributed by atoms with E-state index in [2.05, 4.69) is 5.32 Å². The highest BCUT2D eigenvalue weighted by Crippen LogP contribution is 2.47. The van der Waals surface area contributed by atoms with E-state index in [1.807, 2.05) is 49.4 Å². The van der Waals surface area contributed by atoms with Gasteiger partial charge in [0.15, 0.2) is 5.60 Å². The molecule has 51 heavy (non-hydrogen) atoms. The first-order valence-electron chi connectivity index (χ1n) is 17.8. The topological polar surface area (TPSA) is 143 Å². The Bertz CT molecular complexity index is 1810. The third kappa shape index (κ3) is 6.91. The monoisotopic (exact) mass is 696 g/mol. The van der Waals surface area contributed by atoms with Gasteiger partial charge in [0.2, 0.25) is 11.8 Å². The third-order valence-corrected chi connectivity index (χ3v) is 10.4. The van der Waals surface area contributed by atoms with Crippen molar-refractivity contribution in [3.63, 3.8) is 0 Å². The van der Waals surface area contributed by atoms with Crippen molar-refractivity contribution in [2.45, 2.75) is 70.2 Å². The van der Waals surface area contributed by atoms with Crippen molar-refractivity contribution in [2.24, 2.45) is 5.92 Å². The summed E-state index contributed by atoms with van der Waals surface area (Å²) in [7, 11) is 1.62. The van der Waals surface area contributed by atoms with Crippen molar-refractivity contribution in [2.75, 3.05) is 43.2 Å². The lowest BCUT2D eigenvalue weighted by atomic mass is 9.82. The SMILES string of the molecule is CCOc1ccc2c(c1)CC(NCCCCO)C(=O)N2c1ccc2c(c1)[C@](O)([C@@H](C)/C=C/CC(=O)N1Cc3ccccc3C[C@H]1CO)C(=O)N2C. The molecule has 6 rings (SSSR count). The zero-order valence-corrected chi connectivity index (χ0v) is 29.5. The molecule has 1 unspecified atom stereocenters. The zero-order valence-electron chi connectivity index (χ0n) is 29.5. The second-order valence-electron chi connectivity index (χ2n) is 13.6. The first kappa shape index (κ1) is 36.2. The number of anilines is 3. The van der Waals surface area contributed by atoms with Gasteiger partial charge in [0.05, 0.1) is 36.7 Å². The fourth-order valence-corrected chi connectivity index (χ4v) is 7.57. The van der Waals surface area contributed by atoms with Crippen LogP contribution in [0.25, 0.3) is 0 Å². The standard InChI is InChI=1S/C40H48N4O7/c1-4-51-32-15-17-35-29(21-32)22-34(41-18-7-8-19-45)38(48)44(35)30-14-16-36-33(23-30)40(50,39(49)42(36)3)26(2)10-9-13-37(47)43-24-28-12-6-5-11-27(28)20-31(43)25-46/h5-6,9-12,14-17,21,23,26,31,34,41,45-46,50H,4,7-8,13,18-20,22,24-25H2,1-3H3/b10-9+/t26-,31-,34?,40+/m0/s1. The number of ether oxygens (including phenoxy) is 1. The van der Waals surface area contributed by atoms with Crippen LogP contribution in [0.3, 0.4) is 0 Å². The largest absolute Gasteiger partial charge is 0.494 e. The van der Waals surface area contributed by atoms with Gasteiger partial charge < -0.3 is 35.2 Å². The van der Waals surface area contributed by atoms with Crippen LogP contribution in [-0.2, 0) is 39.4 Å². The molecule has 0 aromatic heterocycles. The maximum atomic E-state index is 14.1. The van der Waals surface area contributed by atoms with Crippen molar-refractivity contribution >= 4 is 34.8 Å². The van der Waals surface area contributed by atoms with E-state index in [4.69, 9.17) is 4.74 Å². The van der Waals surface area contributed by atoms with Crippen LogP contribution >= 0.6 is 0 Å². The Morgan fingerprint density at radius 3 is 2.53 bits per heavy atom. The summed E-state index contributed by atoms with van der Waals surface area (Å²) in [4.78, 5) is 46.0. The van der Waals surface area contributed by atoms with Crippen molar-refractivity contribution in [1.29, 1.82) is 0 Å². The van der Waals surface area contributed by atoms with Gasteiger partial charge in [0.25, 0.3) is 5.91 Å². The van der Waals surface area contributed by atoms with Crippen molar-refractivity contribution in [3.05, 3.63) is 95.1 Å². The number of carbonyl (C=O) groups excluding carboxylic acids is 3. The number of likely N-dealkylation sites (N-methyl/N-ethyl adjacent to an activating group) is 1. The number of aliphatic hydroxyl groups excluding tert-OH is 2. The number of hydrogen-bond donors (Lipinski definition) is 4. The van der Waals surface area contributed by atoms with Gasteiger partial charge in [0, 0.05) is 43.8 Å². The Labute approximate surface area is 299 Å². The molecule has 3 aromatic carbocycles. The zero-order chi connectivity index (χ0) is 36.3. The molecule has 0 bridgehead atoms. The van der Waals surface area contributed by atoms with E-state index in [9.17, 15) is 29.7 Å². The van der Waals surface area contributed by atoms with Gasteiger partial charge in [-0.3, -0.25) is 19.3 Å². The highest BCUT2D eigenvalue weighted by Gasteiger charge is 2.52. The minimum atomic E-state index is -1.94. The van der Waals surface area contributed by atoms with Gasteiger partial charge in [-0.15, -0.1) is 0 Å². The average molecular weight is 697 g/mol. The van der Waals surface area contributed by atoms with E-state index in [1.165, 1.54) is 4.90 Å². The molecule has 3 aromatic rings. The fourth-order valence-electron chi connectivity index (χ4n) is 7.57. The summed E-state index contributed by atoms with van der Waals surface area (Å²) in [5, 5.41) is 34.9. The molecular formula is C40H48N4O7. The molecule has 3 amide bonds. The number of fused-ring (bicyclic) bond motifs is 3. The lowest BCUT2D eigenvalue weighted by molar-refractivity contribution is -0.139. The van der Waals surface area contributed by atoms with Gasteiger partial charge >= 0.3 is 0 Å². The molecule has 3 aliphatic heterocycles. The molecule has 270 valence electrons. The molecule has 0 fully saturated rings. The van der Waals surface area contributed by atoms with E-state index in [1.54, 1.807) is 54.1 Å². The first-order chi connectivity index (χ1) is 24.6. The molecule has 11 nitrogen and oxygen atoms in total. The Morgan fingerprint density at radius 2 is 1.78 bits per heavy atom. The van der Waals surface area contributed by atoms with Gasteiger partial charge in [-0.2, -0.15) is 0 Å². The third-order valence-electron chi connectivity index (χ3n) is 10.4. The molecule has 0 radical (unpaired) electrons. The van der Waals surface area contributed by atoms with Crippen LogP contribution < -0.4 is 19.9 Å². The lowest BCUT2D eigenvalue weighted by Gasteiger charge is -2.36. The molecule has 3 heterocycles. The van der Waals surface area contributed by atoms with Crippen LogP contribution in [0.4, 0.5) is 17.1 Å². The van der Waals surface area contributed by atoms with Crippen molar-refractivity contribution in [1.82, 2.24) is 10.2 Å². The number of carbonyl (C=O) groups is 3. The number of unbranched alkanes of at least 4 members (excludes halogenated alkanes) is 1. The number of benzene rings is 3.